The molecule has 120 valence electrons. The first-order valence-corrected chi connectivity index (χ1v) is 7.04. The minimum atomic E-state index is -1.25. The first-order chi connectivity index (χ1) is 9.93. The standard InChI is InChI=1S/C13H22N2O6/c1-2-10-8(5-6-21-10)7-14-13(20)15-9(12(18)19)3-4-11(16)17/h8-10H,2-7H2,1H3,(H,16,17)(H,18,19)(H2,14,15,20). The Morgan fingerprint density at radius 2 is 2.05 bits per heavy atom. The maximum Gasteiger partial charge on any atom is 0.326 e. The number of urea groups is 1. The lowest BCUT2D eigenvalue weighted by molar-refractivity contribution is -0.140. The van der Waals surface area contributed by atoms with Crippen molar-refractivity contribution in [3.63, 3.8) is 0 Å². The predicted molar refractivity (Wildman–Crippen MR) is 73.0 cm³/mol. The Bertz CT molecular complexity index is 387. The molecule has 0 saturated carbocycles. The maximum absolute atomic E-state index is 11.7. The molecule has 21 heavy (non-hydrogen) atoms. The van der Waals surface area contributed by atoms with E-state index in [0.29, 0.717) is 13.2 Å². The Labute approximate surface area is 122 Å². The summed E-state index contributed by atoms with van der Waals surface area (Å²) in [5.41, 5.74) is 0. The molecule has 1 fully saturated rings. The fourth-order valence-corrected chi connectivity index (χ4v) is 2.34. The van der Waals surface area contributed by atoms with Crippen molar-refractivity contribution < 1.29 is 29.3 Å². The van der Waals surface area contributed by atoms with Crippen LogP contribution in [0.3, 0.4) is 0 Å². The highest BCUT2D eigenvalue weighted by Gasteiger charge is 2.27. The number of carbonyl (C=O) groups is 3. The first-order valence-electron chi connectivity index (χ1n) is 7.04. The van der Waals surface area contributed by atoms with Crippen LogP contribution in [0, 0.1) is 5.92 Å². The highest BCUT2D eigenvalue weighted by Crippen LogP contribution is 2.22. The number of carbonyl (C=O) groups excluding carboxylic acids is 1. The summed E-state index contributed by atoms with van der Waals surface area (Å²) in [5.74, 6) is -2.12. The molecule has 4 N–H and O–H groups in total. The van der Waals surface area contributed by atoms with Gasteiger partial charge in [0.05, 0.1) is 6.10 Å². The number of carboxylic acid groups (broad SMARTS) is 2. The van der Waals surface area contributed by atoms with Crippen LogP contribution in [0.1, 0.15) is 32.6 Å². The van der Waals surface area contributed by atoms with E-state index in [4.69, 9.17) is 14.9 Å². The van der Waals surface area contributed by atoms with Gasteiger partial charge in [-0.25, -0.2) is 9.59 Å². The van der Waals surface area contributed by atoms with Crippen LogP contribution < -0.4 is 10.6 Å². The van der Waals surface area contributed by atoms with Gasteiger partial charge < -0.3 is 25.6 Å². The predicted octanol–water partition coefficient (Wildman–Crippen LogP) is 0.419. The van der Waals surface area contributed by atoms with E-state index in [1.165, 1.54) is 0 Å². The summed E-state index contributed by atoms with van der Waals surface area (Å²) in [6.45, 7) is 3.09. The normalized spacial score (nSPS) is 22.5. The average Bonchev–Trinajstić information content (AvgIpc) is 2.88. The molecular formula is C13H22N2O6. The molecule has 1 aliphatic rings. The van der Waals surface area contributed by atoms with E-state index >= 15 is 0 Å². The van der Waals surface area contributed by atoms with E-state index in [1.54, 1.807) is 0 Å². The number of hydrogen-bond donors (Lipinski definition) is 4. The highest BCUT2D eigenvalue weighted by atomic mass is 16.5. The fraction of sp³-hybridized carbons (Fsp3) is 0.769. The molecule has 0 aliphatic carbocycles. The van der Waals surface area contributed by atoms with E-state index in [0.717, 1.165) is 12.8 Å². The smallest absolute Gasteiger partial charge is 0.326 e. The summed E-state index contributed by atoms with van der Waals surface area (Å²) in [6.07, 6.45) is 1.38. The van der Waals surface area contributed by atoms with Gasteiger partial charge in [0.25, 0.3) is 0 Å². The monoisotopic (exact) mass is 302 g/mol. The van der Waals surface area contributed by atoms with Gasteiger partial charge in [-0.05, 0) is 19.3 Å². The Morgan fingerprint density at radius 3 is 2.62 bits per heavy atom. The van der Waals surface area contributed by atoms with E-state index in [9.17, 15) is 14.4 Å². The van der Waals surface area contributed by atoms with Crippen LogP contribution in [0.25, 0.3) is 0 Å². The van der Waals surface area contributed by atoms with Gasteiger partial charge in [-0.15, -0.1) is 0 Å². The van der Waals surface area contributed by atoms with Crippen molar-refractivity contribution in [3.8, 4) is 0 Å². The molecule has 2 amide bonds. The van der Waals surface area contributed by atoms with Crippen LogP contribution in [0.4, 0.5) is 4.79 Å². The average molecular weight is 302 g/mol. The van der Waals surface area contributed by atoms with Gasteiger partial charge in [0.2, 0.25) is 0 Å². The molecule has 0 aromatic rings. The number of rotatable bonds is 8. The highest BCUT2D eigenvalue weighted by molar-refractivity contribution is 5.82. The van der Waals surface area contributed by atoms with E-state index in [-0.39, 0.29) is 24.9 Å². The molecule has 1 aliphatic heterocycles. The molecule has 3 unspecified atom stereocenters. The fourth-order valence-electron chi connectivity index (χ4n) is 2.34. The molecular weight excluding hydrogens is 280 g/mol. The lowest BCUT2D eigenvalue weighted by atomic mass is 10.00. The number of aliphatic carboxylic acids is 2. The summed E-state index contributed by atoms with van der Waals surface area (Å²) in [7, 11) is 0. The Morgan fingerprint density at radius 1 is 1.33 bits per heavy atom. The van der Waals surface area contributed by atoms with Gasteiger partial charge in [-0.2, -0.15) is 0 Å². The van der Waals surface area contributed by atoms with Crippen molar-refractivity contribution >= 4 is 18.0 Å². The van der Waals surface area contributed by atoms with Crippen LogP contribution in [0.5, 0.6) is 0 Å². The quantitative estimate of drug-likeness (QED) is 0.515. The summed E-state index contributed by atoms with van der Waals surface area (Å²) in [6, 6.07) is -1.81. The van der Waals surface area contributed by atoms with Gasteiger partial charge >= 0.3 is 18.0 Å². The molecule has 0 aromatic carbocycles. The van der Waals surface area contributed by atoms with Gasteiger partial charge in [0.15, 0.2) is 0 Å². The number of ether oxygens (including phenoxy) is 1. The molecule has 1 rings (SSSR count). The minimum absolute atomic E-state index is 0.118. The largest absolute Gasteiger partial charge is 0.481 e. The molecule has 1 saturated heterocycles. The number of hydrogen-bond acceptors (Lipinski definition) is 4. The Kier molecular flexibility index (Phi) is 6.93. The number of carboxylic acids is 2. The molecule has 0 bridgehead atoms. The molecule has 8 nitrogen and oxygen atoms in total. The van der Waals surface area contributed by atoms with Crippen LogP contribution in [-0.2, 0) is 14.3 Å². The van der Waals surface area contributed by atoms with Crippen molar-refractivity contribution in [3.05, 3.63) is 0 Å². The van der Waals surface area contributed by atoms with Crippen LogP contribution >= 0.6 is 0 Å². The number of amides is 2. The molecule has 1 heterocycles. The zero-order valence-corrected chi connectivity index (χ0v) is 12.0. The van der Waals surface area contributed by atoms with Gasteiger partial charge in [-0.3, -0.25) is 4.79 Å². The summed E-state index contributed by atoms with van der Waals surface area (Å²) >= 11 is 0. The zero-order chi connectivity index (χ0) is 15.8. The Balaban J connectivity index is 2.36. The van der Waals surface area contributed by atoms with Crippen molar-refractivity contribution in [1.82, 2.24) is 10.6 Å². The molecule has 8 heteroatoms. The van der Waals surface area contributed by atoms with Crippen molar-refractivity contribution in [2.24, 2.45) is 5.92 Å². The van der Waals surface area contributed by atoms with Crippen molar-refractivity contribution in [1.29, 1.82) is 0 Å². The zero-order valence-electron chi connectivity index (χ0n) is 12.0. The van der Waals surface area contributed by atoms with Crippen molar-refractivity contribution in [2.45, 2.75) is 44.8 Å². The second kappa shape index (κ2) is 8.46. The summed E-state index contributed by atoms with van der Waals surface area (Å²) < 4.78 is 5.50. The molecule has 0 radical (unpaired) electrons. The third-order valence-electron chi connectivity index (χ3n) is 3.52. The molecule has 0 spiro atoms. The van der Waals surface area contributed by atoms with Gasteiger partial charge in [0.1, 0.15) is 6.04 Å². The first kappa shape index (κ1) is 17.2. The molecule has 0 aromatic heterocycles. The van der Waals surface area contributed by atoms with Crippen molar-refractivity contribution in [2.75, 3.05) is 13.2 Å². The SMILES string of the molecule is CCC1OCCC1CNC(=O)NC(CCC(=O)O)C(=O)O. The topological polar surface area (TPSA) is 125 Å². The van der Waals surface area contributed by atoms with E-state index < -0.39 is 24.0 Å². The third-order valence-corrected chi connectivity index (χ3v) is 3.52. The van der Waals surface area contributed by atoms with E-state index in [1.807, 2.05) is 6.92 Å². The second-order valence-electron chi connectivity index (χ2n) is 5.04. The minimum Gasteiger partial charge on any atom is -0.481 e. The van der Waals surface area contributed by atoms with Gasteiger partial charge in [0, 0.05) is 25.5 Å². The van der Waals surface area contributed by atoms with E-state index in [2.05, 4.69) is 10.6 Å². The third kappa shape index (κ3) is 5.99. The van der Waals surface area contributed by atoms with Crippen LogP contribution in [-0.4, -0.2) is 53.5 Å². The van der Waals surface area contributed by atoms with Crippen LogP contribution in [0.15, 0.2) is 0 Å². The maximum atomic E-state index is 11.7. The molecule has 3 atom stereocenters. The summed E-state index contributed by atoms with van der Waals surface area (Å²) in [5, 5.41) is 22.4. The summed E-state index contributed by atoms with van der Waals surface area (Å²) in [4.78, 5) is 33.1. The second-order valence-corrected chi connectivity index (χ2v) is 5.04. The van der Waals surface area contributed by atoms with Gasteiger partial charge in [-0.1, -0.05) is 6.92 Å². The lowest BCUT2D eigenvalue weighted by Gasteiger charge is -2.19. The lowest BCUT2D eigenvalue weighted by Crippen LogP contribution is -2.47. The number of nitrogens with one attached hydrogen (secondary N) is 2. The Hall–Kier alpha value is -1.83. The van der Waals surface area contributed by atoms with Crippen LogP contribution in [0.2, 0.25) is 0 Å².